The molecule has 7 heteroatoms. The van der Waals surface area contributed by atoms with Gasteiger partial charge in [-0.3, -0.25) is 14.2 Å². The van der Waals surface area contributed by atoms with Gasteiger partial charge in [-0.05, 0) is 31.7 Å². The number of aromatic nitrogens is 2. The van der Waals surface area contributed by atoms with Gasteiger partial charge in [0.1, 0.15) is 4.83 Å². The SMILES string of the molecule is CCCCn1c(SCC(=O)NCC(C)C)nc2sc(C)c(C)c2c1=O. The number of thiophene rings is 1. The fourth-order valence-electron chi connectivity index (χ4n) is 2.43. The Bertz CT molecular complexity index is 809. The van der Waals surface area contributed by atoms with E-state index in [1.54, 1.807) is 15.9 Å². The molecule has 2 heterocycles. The first kappa shape index (κ1) is 20.0. The normalized spacial score (nSPS) is 11.4. The summed E-state index contributed by atoms with van der Waals surface area (Å²) >= 11 is 2.90. The summed E-state index contributed by atoms with van der Waals surface area (Å²) in [6.45, 7) is 11.5. The van der Waals surface area contributed by atoms with Crippen molar-refractivity contribution < 1.29 is 4.79 Å². The van der Waals surface area contributed by atoms with Gasteiger partial charge in [0.25, 0.3) is 5.56 Å². The minimum absolute atomic E-state index is 0.0189. The van der Waals surface area contributed by atoms with E-state index < -0.39 is 0 Å². The summed E-state index contributed by atoms with van der Waals surface area (Å²) in [4.78, 5) is 31.6. The quantitative estimate of drug-likeness (QED) is 0.559. The van der Waals surface area contributed by atoms with Gasteiger partial charge in [-0.25, -0.2) is 4.98 Å². The van der Waals surface area contributed by atoms with Crippen LogP contribution in [0.1, 0.15) is 44.1 Å². The summed E-state index contributed by atoms with van der Waals surface area (Å²) in [5.41, 5.74) is 1.04. The van der Waals surface area contributed by atoms with Gasteiger partial charge in [0, 0.05) is 18.0 Å². The predicted molar refractivity (Wildman–Crippen MR) is 107 cm³/mol. The number of hydrogen-bond acceptors (Lipinski definition) is 5. The zero-order chi connectivity index (χ0) is 18.6. The predicted octanol–water partition coefficient (Wildman–Crippen LogP) is 3.74. The zero-order valence-corrected chi connectivity index (χ0v) is 17.3. The molecule has 0 fully saturated rings. The van der Waals surface area contributed by atoms with Crippen LogP contribution in [-0.2, 0) is 11.3 Å². The van der Waals surface area contributed by atoms with E-state index in [0.717, 1.165) is 33.5 Å². The molecular formula is C18H27N3O2S2. The van der Waals surface area contributed by atoms with Crippen molar-refractivity contribution in [1.82, 2.24) is 14.9 Å². The molecule has 5 nitrogen and oxygen atoms in total. The highest BCUT2D eigenvalue weighted by molar-refractivity contribution is 7.99. The Labute approximate surface area is 157 Å². The number of fused-ring (bicyclic) bond motifs is 1. The highest BCUT2D eigenvalue weighted by atomic mass is 32.2. The first-order chi connectivity index (χ1) is 11.8. The van der Waals surface area contributed by atoms with Crippen LogP contribution in [0.15, 0.2) is 9.95 Å². The minimum Gasteiger partial charge on any atom is -0.355 e. The van der Waals surface area contributed by atoms with Crippen molar-refractivity contribution in [2.75, 3.05) is 12.3 Å². The number of unbranched alkanes of at least 4 members (excludes halogenated alkanes) is 1. The summed E-state index contributed by atoms with van der Waals surface area (Å²) in [6.07, 6.45) is 1.92. The average molecular weight is 382 g/mol. The average Bonchev–Trinajstić information content (AvgIpc) is 2.84. The molecule has 0 aromatic carbocycles. The fraction of sp³-hybridized carbons (Fsp3) is 0.611. The lowest BCUT2D eigenvalue weighted by Gasteiger charge is -2.12. The summed E-state index contributed by atoms with van der Waals surface area (Å²) in [7, 11) is 0. The van der Waals surface area contributed by atoms with E-state index in [1.807, 2.05) is 13.8 Å². The van der Waals surface area contributed by atoms with Crippen LogP contribution in [-0.4, -0.2) is 27.8 Å². The first-order valence-corrected chi connectivity index (χ1v) is 10.5. The largest absolute Gasteiger partial charge is 0.355 e. The maximum atomic E-state index is 13.0. The van der Waals surface area contributed by atoms with E-state index in [1.165, 1.54) is 11.8 Å². The minimum atomic E-state index is -0.0198. The molecule has 2 aromatic heterocycles. The van der Waals surface area contributed by atoms with Gasteiger partial charge >= 0.3 is 0 Å². The zero-order valence-electron chi connectivity index (χ0n) is 15.6. The molecule has 138 valence electrons. The van der Waals surface area contributed by atoms with Crippen molar-refractivity contribution in [2.24, 2.45) is 5.92 Å². The van der Waals surface area contributed by atoms with Crippen LogP contribution in [0.2, 0.25) is 0 Å². The molecule has 0 saturated carbocycles. The molecule has 1 N–H and O–H groups in total. The van der Waals surface area contributed by atoms with Crippen LogP contribution in [0.4, 0.5) is 0 Å². The summed E-state index contributed by atoms with van der Waals surface area (Å²) in [5.74, 6) is 0.678. The Balaban J connectivity index is 2.30. The first-order valence-electron chi connectivity index (χ1n) is 8.75. The second kappa shape index (κ2) is 8.85. The topological polar surface area (TPSA) is 64.0 Å². The number of nitrogens with one attached hydrogen (secondary N) is 1. The van der Waals surface area contributed by atoms with E-state index in [0.29, 0.717) is 24.2 Å². The monoisotopic (exact) mass is 381 g/mol. The number of carbonyl (C=O) groups excluding carboxylic acids is 1. The summed E-state index contributed by atoms with van der Waals surface area (Å²) in [5, 5.41) is 4.28. The van der Waals surface area contributed by atoms with Crippen LogP contribution in [0.3, 0.4) is 0 Å². The molecule has 0 spiro atoms. The molecule has 0 radical (unpaired) electrons. The molecule has 2 aromatic rings. The Kier molecular flexibility index (Phi) is 7.07. The summed E-state index contributed by atoms with van der Waals surface area (Å²) < 4.78 is 1.74. The van der Waals surface area contributed by atoms with E-state index in [2.05, 4.69) is 26.1 Å². The van der Waals surface area contributed by atoms with Crippen molar-refractivity contribution in [3.05, 3.63) is 20.8 Å². The van der Waals surface area contributed by atoms with Gasteiger partial charge in [0.15, 0.2) is 5.16 Å². The van der Waals surface area contributed by atoms with E-state index in [-0.39, 0.29) is 17.2 Å². The number of thioether (sulfide) groups is 1. The maximum Gasteiger partial charge on any atom is 0.263 e. The molecule has 0 aliphatic heterocycles. The van der Waals surface area contributed by atoms with E-state index in [4.69, 9.17) is 4.98 Å². The number of carbonyl (C=O) groups is 1. The molecule has 0 aliphatic carbocycles. The molecule has 0 saturated heterocycles. The number of hydrogen-bond donors (Lipinski definition) is 1. The smallest absolute Gasteiger partial charge is 0.263 e. The standard InChI is InChI=1S/C18H27N3O2S2/c1-6-7-8-21-17(23)15-12(4)13(5)25-16(15)20-18(21)24-10-14(22)19-9-11(2)3/h11H,6-10H2,1-5H3,(H,19,22). The maximum absolute atomic E-state index is 13.0. The Hall–Kier alpha value is -1.34. The lowest BCUT2D eigenvalue weighted by Crippen LogP contribution is -2.29. The highest BCUT2D eigenvalue weighted by Gasteiger charge is 2.17. The van der Waals surface area contributed by atoms with E-state index >= 15 is 0 Å². The number of nitrogens with zero attached hydrogens (tertiary/aromatic N) is 2. The molecule has 0 unspecified atom stereocenters. The van der Waals surface area contributed by atoms with Crippen molar-refractivity contribution in [2.45, 2.75) is 59.2 Å². The third-order valence-corrected chi connectivity index (χ3v) is 6.11. The van der Waals surface area contributed by atoms with Crippen molar-refractivity contribution >= 4 is 39.2 Å². The van der Waals surface area contributed by atoms with Crippen LogP contribution in [0.25, 0.3) is 10.2 Å². The lowest BCUT2D eigenvalue weighted by atomic mass is 10.2. The number of aryl methyl sites for hydroxylation is 2. The molecule has 2 rings (SSSR count). The van der Waals surface area contributed by atoms with Crippen molar-refractivity contribution in [3.63, 3.8) is 0 Å². The molecular weight excluding hydrogens is 354 g/mol. The number of amides is 1. The fourth-order valence-corrected chi connectivity index (χ4v) is 4.36. The highest BCUT2D eigenvalue weighted by Crippen LogP contribution is 2.28. The lowest BCUT2D eigenvalue weighted by molar-refractivity contribution is -0.118. The van der Waals surface area contributed by atoms with Crippen LogP contribution >= 0.6 is 23.1 Å². The van der Waals surface area contributed by atoms with E-state index in [9.17, 15) is 9.59 Å². The van der Waals surface area contributed by atoms with Gasteiger partial charge in [-0.1, -0.05) is 39.0 Å². The molecule has 0 aliphatic rings. The van der Waals surface area contributed by atoms with Crippen LogP contribution in [0.5, 0.6) is 0 Å². The van der Waals surface area contributed by atoms with Crippen molar-refractivity contribution in [3.8, 4) is 0 Å². The Morgan fingerprint density at radius 1 is 1.36 bits per heavy atom. The number of rotatable bonds is 8. The Morgan fingerprint density at radius 2 is 2.08 bits per heavy atom. The van der Waals surface area contributed by atoms with Crippen LogP contribution in [0, 0.1) is 19.8 Å². The molecule has 0 bridgehead atoms. The van der Waals surface area contributed by atoms with Gasteiger partial charge in [-0.2, -0.15) is 0 Å². The van der Waals surface area contributed by atoms with Gasteiger partial charge < -0.3 is 5.32 Å². The van der Waals surface area contributed by atoms with Crippen LogP contribution < -0.4 is 10.9 Å². The van der Waals surface area contributed by atoms with Crippen molar-refractivity contribution in [1.29, 1.82) is 0 Å². The third-order valence-electron chi connectivity index (χ3n) is 4.03. The second-order valence-corrected chi connectivity index (χ2v) is 8.80. The Morgan fingerprint density at radius 3 is 2.72 bits per heavy atom. The van der Waals surface area contributed by atoms with Gasteiger partial charge in [0.05, 0.1) is 11.1 Å². The second-order valence-electron chi connectivity index (χ2n) is 6.65. The van der Waals surface area contributed by atoms with Gasteiger partial charge in [0.2, 0.25) is 5.91 Å². The molecule has 25 heavy (non-hydrogen) atoms. The third kappa shape index (κ3) is 4.85. The molecule has 0 atom stereocenters. The molecule has 1 amide bonds. The van der Waals surface area contributed by atoms with Gasteiger partial charge in [-0.15, -0.1) is 11.3 Å². The summed E-state index contributed by atoms with van der Waals surface area (Å²) in [6, 6.07) is 0.